The first-order valence-corrected chi connectivity index (χ1v) is 10.0. The molecule has 0 aliphatic rings. The Hall–Kier alpha value is -3.75. The van der Waals surface area contributed by atoms with E-state index in [2.05, 4.69) is 10.6 Å². The molecule has 0 bridgehead atoms. The highest BCUT2D eigenvalue weighted by Crippen LogP contribution is 2.12. The van der Waals surface area contributed by atoms with Crippen LogP contribution in [-0.4, -0.2) is 92.1 Å². The summed E-state index contributed by atoms with van der Waals surface area (Å²) in [6.45, 7) is 0.208. The third-order valence-electron chi connectivity index (χ3n) is 4.60. The van der Waals surface area contributed by atoms with Crippen molar-refractivity contribution in [3.8, 4) is 5.75 Å². The summed E-state index contributed by atoms with van der Waals surface area (Å²) >= 11 is 0. The van der Waals surface area contributed by atoms with Gasteiger partial charge in [0.2, 0.25) is 17.7 Å². The van der Waals surface area contributed by atoms with E-state index in [1.165, 1.54) is 24.3 Å². The van der Waals surface area contributed by atoms with Crippen molar-refractivity contribution in [1.29, 1.82) is 0 Å². The number of carbonyl (C=O) groups is 5. The Morgan fingerprint density at radius 1 is 0.912 bits per heavy atom. The average molecular weight is 484 g/mol. The molecule has 5 unspecified atom stereocenters. The number of aliphatic hydroxyl groups excluding tert-OH is 2. The molecule has 0 radical (unpaired) electrons. The molecule has 0 aliphatic heterocycles. The molecule has 0 aliphatic carbocycles. The van der Waals surface area contributed by atoms with Crippen LogP contribution in [0.4, 0.5) is 0 Å². The van der Waals surface area contributed by atoms with Gasteiger partial charge in [0.25, 0.3) is 0 Å². The predicted octanol–water partition coefficient (Wildman–Crippen LogP) is -3.35. The molecule has 188 valence electrons. The molecule has 3 amide bonds. The van der Waals surface area contributed by atoms with E-state index in [9.17, 15) is 44.4 Å². The maximum Gasteiger partial charge on any atom is 0.326 e. The van der Waals surface area contributed by atoms with Crippen molar-refractivity contribution < 1.29 is 49.5 Å². The standard InChI is InChI=1S/C20H28N4O10/c1-9(26)16(24-18(31)14(8-25)23-17(30)12(21)7-15(28)29)19(32)22-13(20(33)34)6-10-2-4-11(27)5-3-10/h2-5,9,12-14,16,25-27H,6-8,21H2,1H3,(H,22,32)(H,23,30)(H,24,31)(H,28,29)(H,33,34). The second-order valence-electron chi connectivity index (χ2n) is 7.44. The van der Waals surface area contributed by atoms with Crippen LogP contribution in [0.15, 0.2) is 24.3 Å². The van der Waals surface area contributed by atoms with E-state index in [1.807, 2.05) is 5.32 Å². The van der Waals surface area contributed by atoms with Crippen molar-refractivity contribution in [2.24, 2.45) is 5.73 Å². The third kappa shape index (κ3) is 9.01. The maximum atomic E-state index is 12.6. The van der Waals surface area contributed by atoms with Gasteiger partial charge in [-0.2, -0.15) is 0 Å². The Bertz CT molecular complexity index is 890. The average Bonchev–Trinajstić information content (AvgIpc) is 2.75. The van der Waals surface area contributed by atoms with Gasteiger partial charge in [-0.15, -0.1) is 0 Å². The van der Waals surface area contributed by atoms with Crippen molar-refractivity contribution in [2.75, 3.05) is 6.61 Å². The van der Waals surface area contributed by atoms with Crippen molar-refractivity contribution >= 4 is 29.7 Å². The lowest BCUT2D eigenvalue weighted by atomic mass is 10.0. The molecule has 34 heavy (non-hydrogen) atoms. The first-order valence-electron chi connectivity index (χ1n) is 10.0. The van der Waals surface area contributed by atoms with Crippen molar-refractivity contribution in [3.63, 3.8) is 0 Å². The number of phenols is 1. The van der Waals surface area contributed by atoms with Gasteiger partial charge in [-0.1, -0.05) is 12.1 Å². The number of aliphatic carboxylic acids is 2. The number of phenolic OH excluding ortho intramolecular Hbond substituents is 1. The lowest BCUT2D eigenvalue weighted by Gasteiger charge is -2.25. The van der Waals surface area contributed by atoms with Crippen molar-refractivity contribution in [2.45, 2.75) is 50.0 Å². The van der Waals surface area contributed by atoms with Crippen LogP contribution in [0.25, 0.3) is 0 Å². The van der Waals surface area contributed by atoms with Gasteiger partial charge in [0.15, 0.2) is 0 Å². The highest BCUT2D eigenvalue weighted by Gasteiger charge is 2.32. The minimum absolute atomic E-state index is 0.0361. The van der Waals surface area contributed by atoms with E-state index >= 15 is 0 Å². The smallest absolute Gasteiger partial charge is 0.326 e. The normalized spacial score (nSPS) is 15.2. The molecule has 0 saturated heterocycles. The molecule has 0 spiro atoms. The van der Waals surface area contributed by atoms with Gasteiger partial charge in [-0.05, 0) is 24.6 Å². The van der Waals surface area contributed by atoms with Gasteiger partial charge in [-0.25, -0.2) is 4.79 Å². The summed E-state index contributed by atoms with van der Waals surface area (Å²) in [4.78, 5) is 59.2. The van der Waals surface area contributed by atoms with E-state index < -0.39 is 73.0 Å². The van der Waals surface area contributed by atoms with Crippen LogP contribution >= 0.6 is 0 Å². The molecule has 1 rings (SSSR count). The summed E-state index contributed by atoms with van der Waals surface area (Å²) in [5.41, 5.74) is 5.87. The second-order valence-corrected chi connectivity index (χ2v) is 7.44. The van der Waals surface area contributed by atoms with Gasteiger partial charge in [-0.3, -0.25) is 19.2 Å². The Morgan fingerprint density at radius 3 is 1.94 bits per heavy atom. The summed E-state index contributed by atoms with van der Waals surface area (Å²) in [7, 11) is 0. The largest absolute Gasteiger partial charge is 0.508 e. The van der Waals surface area contributed by atoms with E-state index in [-0.39, 0.29) is 12.2 Å². The summed E-state index contributed by atoms with van der Waals surface area (Å²) in [6, 6.07) is -0.670. The van der Waals surface area contributed by atoms with Gasteiger partial charge < -0.3 is 47.2 Å². The molecular weight excluding hydrogens is 456 g/mol. The first kappa shape index (κ1) is 28.3. The highest BCUT2D eigenvalue weighted by molar-refractivity contribution is 5.95. The van der Waals surface area contributed by atoms with Gasteiger partial charge >= 0.3 is 11.9 Å². The quantitative estimate of drug-likeness (QED) is 0.134. The molecule has 1 aromatic rings. The van der Waals surface area contributed by atoms with E-state index in [1.54, 1.807) is 0 Å². The number of carboxylic acids is 2. The zero-order chi connectivity index (χ0) is 26.0. The van der Waals surface area contributed by atoms with Gasteiger partial charge in [0, 0.05) is 6.42 Å². The number of nitrogens with two attached hydrogens (primary N) is 1. The van der Waals surface area contributed by atoms with Crippen LogP contribution in [0.3, 0.4) is 0 Å². The molecule has 1 aromatic carbocycles. The predicted molar refractivity (Wildman–Crippen MR) is 114 cm³/mol. The van der Waals surface area contributed by atoms with Gasteiger partial charge in [0.1, 0.15) is 23.9 Å². The molecule has 0 saturated carbocycles. The number of hydrogen-bond donors (Lipinski definition) is 9. The number of benzene rings is 1. The first-order chi connectivity index (χ1) is 15.8. The van der Waals surface area contributed by atoms with E-state index in [0.717, 1.165) is 6.92 Å². The summed E-state index contributed by atoms with van der Waals surface area (Å²) in [5.74, 6) is -6.01. The third-order valence-corrected chi connectivity index (χ3v) is 4.60. The molecule has 0 heterocycles. The number of carboxylic acid groups (broad SMARTS) is 2. The zero-order valence-corrected chi connectivity index (χ0v) is 18.2. The Balaban J connectivity index is 2.87. The SMILES string of the molecule is CC(O)C(NC(=O)C(CO)NC(=O)C(N)CC(=O)O)C(=O)NC(Cc1ccc(O)cc1)C(=O)O. The maximum absolute atomic E-state index is 12.6. The number of carbonyl (C=O) groups excluding carboxylic acids is 3. The Kier molecular flexibility index (Phi) is 10.9. The number of rotatable bonds is 13. The van der Waals surface area contributed by atoms with Crippen LogP contribution in [0, 0.1) is 0 Å². The van der Waals surface area contributed by atoms with Crippen LogP contribution in [-0.2, 0) is 30.4 Å². The molecular formula is C20H28N4O10. The second kappa shape index (κ2) is 13.1. The molecule has 0 fully saturated rings. The molecule has 14 heteroatoms. The lowest BCUT2D eigenvalue weighted by Crippen LogP contribution is -2.60. The number of aliphatic hydroxyl groups is 2. The number of nitrogens with one attached hydrogen (secondary N) is 3. The summed E-state index contributed by atoms with van der Waals surface area (Å²) in [5, 5.41) is 53.1. The fourth-order valence-corrected chi connectivity index (χ4v) is 2.74. The number of hydrogen-bond acceptors (Lipinski definition) is 9. The van der Waals surface area contributed by atoms with Crippen molar-refractivity contribution in [3.05, 3.63) is 29.8 Å². The summed E-state index contributed by atoms with van der Waals surface area (Å²) < 4.78 is 0. The Morgan fingerprint density at radius 2 is 1.47 bits per heavy atom. The van der Waals surface area contributed by atoms with Crippen LogP contribution in [0.5, 0.6) is 5.75 Å². The molecule has 0 aromatic heterocycles. The van der Waals surface area contributed by atoms with Gasteiger partial charge in [0.05, 0.1) is 25.2 Å². The fourth-order valence-electron chi connectivity index (χ4n) is 2.74. The van der Waals surface area contributed by atoms with Crippen LogP contribution in [0.2, 0.25) is 0 Å². The number of amides is 3. The Labute approximate surface area is 193 Å². The molecule has 10 N–H and O–H groups in total. The van der Waals surface area contributed by atoms with Crippen LogP contribution < -0.4 is 21.7 Å². The topological polar surface area (TPSA) is 249 Å². The van der Waals surface area contributed by atoms with E-state index in [0.29, 0.717) is 5.56 Å². The highest BCUT2D eigenvalue weighted by atomic mass is 16.4. The van der Waals surface area contributed by atoms with E-state index in [4.69, 9.17) is 10.8 Å². The lowest BCUT2D eigenvalue weighted by molar-refractivity contribution is -0.143. The minimum atomic E-state index is -1.66. The zero-order valence-electron chi connectivity index (χ0n) is 18.2. The fraction of sp³-hybridized carbons (Fsp3) is 0.450. The molecule has 14 nitrogen and oxygen atoms in total. The summed E-state index contributed by atoms with van der Waals surface area (Å²) in [6.07, 6.45) is -2.41. The molecule has 5 atom stereocenters. The number of aromatic hydroxyl groups is 1. The minimum Gasteiger partial charge on any atom is -0.508 e. The van der Waals surface area contributed by atoms with Crippen molar-refractivity contribution in [1.82, 2.24) is 16.0 Å². The van der Waals surface area contributed by atoms with Crippen LogP contribution in [0.1, 0.15) is 18.9 Å². The monoisotopic (exact) mass is 484 g/mol.